The van der Waals surface area contributed by atoms with Gasteiger partial charge in [0.15, 0.2) is 5.82 Å². The molecule has 2 saturated carbocycles. The molecule has 5 nitrogen and oxygen atoms in total. The number of aromatic nitrogens is 2. The normalized spacial score (nSPS) is 28.6. The van der Waals surface area contributed by atoms with Crippen molar-refractivity contribution in [3.63, 3.8) is 0 Å². The second-order valence-corrected chi connectivity index (χ2v) is 7.09. The number of carbonyl (C=O) groups is 1. The van der Waals surface area contributed by atoms with E-state index >= 15 is 0 Å². The maximum atomic E-state index is 13.7. The molecule has 4 rings (SSSR count). The molecule has 6 heteroatoms. The summed E-state index contributed by atoms with van der Waals surface area (Å²) in [4.78, 5) is 19.6. The van der Waals surface area contributed by atoms with Crippen molar-refractivity contribution >= 4 is 16.9 Å². The van der Waals surface area contributed by atoms with Gasteiger partial charge in [0.25, 0.3) is 0 Å². The standard InChI is InChI=1S/C18H22FN3O2/c19-13-2-1-3-14-18(13)21-15(20-14)6-7-16(24)22-17-11-5-4-10(8-11)12(17)9-23/h1-3,10-12,17,23H,4-9H2,(H,20,21)(H,22,24). The van der Waals surface area contributed by atoms with Crippen LogP contribution in [0.1, 0.15) is 31.5 Å². The zero-order chi connectivity index (χ0) is 16.7. The molecule has 2 bridgehead atoms. The van der Waals surface area contributed by atoms with Gasteiger partial charge in [0.05, 0.1) is 5.52 Å². The van der Waals surface area contributed by atoms with E-state index in [-0.39, 0.29) is 30.3 Å². The highest BCUT2D eigenvalue weighted by molar-refractivity contribution is 5.77. The molecule has 1 heterocycles. The van der Waals surface area contributed by atoms with Crippen LogP contribution >= 0.6 is 0 Å². The minimum Gasteiger partial charge on any atom is -0.396 e. The Kier molecular flexibility index (Phi) is 4.00. The van der Waals surface area contributed by atoms with Gasteiger partial charge in [-0.1, -0.05) is 6.07 Å². The Labute approximate surface area is 139 Å². The summed E-state index contributed by atoms with van der Waals surface area (Å²) in [7, 11) is 0. The topological polar surface area (TPSA) is 78.0 Å². The van der Waals surface area contributed by atoms with Gasteiger partial charge in [-0.15, -0.1) is 0 Å². The Hall–Kier alpha value is -1.95. The Balaban J connectivity index is 1.37. The number of H-pyrrole nitrogens is 1. The molecule has 24 heavy (non-hydrogen) atoms. The molecule has 128 valence electrons. The van der Waals surface area contributed by atoms with Gasteiger partial charge in [-0.05, 0) is 43.2 Å². The van der Waals surface area contributed by atoms with E-state index in [1.165, 1.54) is 12.5 Å². The highest BCUT2D eigenvalue weighted by Gasteiger charge is 2.47. The molecule has 1 aromatic carbocycles. The fourth-order valence-corrected chi connectivity index (χ4v) is 4.55. The second-order valence-electron chi connectivity index (χ2n) is 7.09. The van der Waals surface area contributed by atoms with Gasteiger partial charge in [-0.25, -0.2) is 9.37 Å². The SMILES string of the molecule is O=C(CCc1nc2c(F)cccc2[nH]1)NC1C2CCC(C2)C1CO. The number of fused-ring (bicyclic) bond motifs is 3. The molecular weight excluding hydrogens is 309 g/mol. The number of aliphatic hydroxyl groups is 1. The van der Waals surface area contributed by atoms with Crippen molar-refractivity contribution in [2.24, 2.45) is 17.8 Å². The second kappa shape index (κ2) is 6.16. The maximum absolute atomic E-state index is 13.7. The van der Waals surface area contributed by atoms with Crippen molar-refractivity contribution in [1.82, 2.24) is 15.3 Å². The summed E-state index contributed by atoms with van der Waals surface area (Å²) >= 11 is 0. The van der Waals surface area contributed by atoms with Crippen molar-refractivity contribution in [2.45, 2.75) is 38.1 Å². The zero-order valence-corrected chi connectivity index (χ0v) is 13.5. The minimum absolute atomic E-state index is 0.0214. The summed E-state index contributed by atoms with van der Waals surface area (Å²) in [5, 5.41) is 12.7. The number of amides is 1. The molecule has 2 aliphatic carbocycles. The predicted molar refractivity (Wildman–Crippen MR) is 87.7 cm³/mol. The zero-order valence-electron chi connectivity index (χ0n) is 13.5. The lowest BCUT2D eigenvalue weighted by Gasteiger charge is -2.30. The molecule has 0 saturated heterocycles. The average Bonchev–Trinajstić information content (AvgIpc) is 3.27. The van der Waals surface area contributed by atoms with E-state index < -0.39 is 0 Å². The Morgan fingerprint density at radius 2 is 2.21 bits per heavy atom. The summed E-state index contributed by atoms with van der Waals surface area (Å²) in [5.41, 5.74) is 0.972. The molecule has 3 N–H and O–H groups in total. The lowest BCUT2D eigenvalue weighted by Crippen LogP contribution is -2.45. The predicted octanol–water partition coefficient (Wildman–Crippen LogP) is 2.16. The summed E-state index contributed by atoms with van der Waals surface area (Å²) in [6.45, 7) is 0.148. The summed E-state index contributed by atoms with van der Waals surface area (Å²) in [6.07, 6.45) is 4.21. The Morgan fingerprint density at radius 3 is 3.00 bits per heavy atom. The number of hydrogen-bond donors (Lipinski definition) is 3. The van der Waals surface area contributed by atoms with Gasteiger partial charge in [0.1, 0.15) is 11.3 Å². The number of halogens is 1. The van der Waals surface area contributed by atoms with Gasteiger partial charge in [-0.3, -0.25) is 4.79 Å². The van der Waals surface area contributed by atoms with Crippen LogP contribution in [0.4, 0.5) is 4.39 Å². The molecular formula is C18H22FN3O2. The van der Waals surface area contributed by atoms with Crippen LogP contribution in [-0.2, 0) is 11.2 Å². The maximum Gasteiger partial charge on any atom is 0.220 e. The van der Waals surface area contributed by atoms with Gasteiger partial charge in [0, 0.05) is 31.4 Å². The smallest absolute Gasteiger partial charge is 0.220 e. The highest BCUT2D eigenvalue weighted by atomic mass is 19.1. The molecule has 0 radical (unpaired) electrons. The number of para-hydroxylation sites is 1. The van der Waals surface area contributed by atoms with E-state index in [4.69, 9.17) is 0 Å². The summed E-state index contributed by atoms with van der Waals surface area (Å²) < 4.78 is 13.7. The molecule has 0 aliphatic heterocycles. The monoisotopic (exact) mass is 331 g/mol. The number of nitrogens with zero attached hydrogens (tertiary/aromatic N) is 1. The van der Waals surface area contributed by atoms with E-state index in [0.717, 1.165) is 12.8 Å². The van der Waals surface area contributed by atoms with Gasteiger partial charge < -0.3 is 15.4 Å². The minimum atomic E-state index is -0.354. The van der Waals surface area contributed by atoms with Gasteiger partial charge in [-0.2, -0.15) is 0 Å². The van der Waals surface area contributed by atoms with E-state index in [9.17, 15) is 14.3 Å². The molecule has 2 aliphatic rings. The van der Waals surface area contributed by atoms with Crippen LogP contribution in [0.3, 0.4) is 0 Å². The fourth-order valence-electron chi connectivity index (χ4n) is 4.55. The number of carbonyl (C=O) groups excluding carboxylic acids is 1. The van der Waals surface area contributed by atoms with E-state index in [1.807, 2.05) is 0 Å². The van der Waals surface area contributed by atoms with Crippen LogP contribution in [0, 0.1) is 23.6 Å². The van der Waals surface area contributed by atoms with E-state index in [1.54, 1.807) is 12.1 Å². The van der Waals surface area contributed by atoms with Crippen LogP contribution in [0.2, 0.25) is 0 Å². The molecule has 2 fully saturated rings. The number of aryl methyl sites for hydroxylation is 1. The number of hydrogen-bond acceptors (Lipinski definition) is 3. The quantitative estimate of drug-likeness (QED) is 0.786. The summed E-state index contributed by atoms with van der Waals surface area (Å²) in [5.74, 6) is 1.52. The van der Waals surface area contributed by atoms with Crippen molar-refractivity contribution in [3.8, 4) is 0 Å². The number of benzene rings is 1. The lowest BCUT2D eigenvalue weighted by molar-refractivity contribution is -0.122. The molecule has 0 spiro atoms. The van der Waals surface area contributed by atoms with Gasteiger partial charge >= 0.3 is 0 Å². The average molecular weight is 331 g/mol. The van der Waals surface area contributed by atoms with Crippen molar-refractivity contribution in [3.05, 3.63) is 29.8 Å². The Morgan fingerprint density at radius 1 is 1.38 bits per heavy atom. The first-order chi connectivity index (χ1) is 11.7. The number of aliphatic hydroxyl groups excluding tert-OH is 1. The Bertz CT molecular complexity index is 760. The van der Waals surface area contributed by atoms with E-state index in [2.05, 4.69) is 15.3 Å². The fraction of sp³-hybridized carbons (Fsp3) is 0.556. The third kappa shape index (κ3) is 2.69. The van der Waals surface area contributed by atoms with Crippen molar-refractivity contribution in [1.29, 1.82) is 0 Å². The first-order valence-corrected chi connectivity index (χ1v) is 8.69. The number of aromatic amines is 1. The third-order valence-corrected chi connectivity index (χ3v) is 5.73. The van der Waals surface area contributed by atoms with E-state index in [0.29, 0.717) is 41.5 Å². The summed E-state index contributed by atoms with van der Waals surface area (Å²) in [6, 6.07) is 4.89. The molecule has 4 atom stereocenters. The van der Waals surface area contributed by atoms with Crippen LogP contribution in [-0.4, -0.2) is 33.6 Å². The van der Waals surface area contributed by atoms with Crippen molar-refractivity contribution < 1.29 is 14.3 Å². The largest absolute Gasteiger partial charge is 0.396 e. The molecule has 1 amide bonds. The van der Waals surface area contributed by atoms with Gasteiger partial charge in [0.2, 0.25) is 5.91 Å². The first kappa shape index (κ1) is 15.6. The number of nitrogens with one attached hydrogen (secondary N) is 2. The van der Waals surface area contributed by atoms with Crippen LogP contribution in [0.25, 0.3) is 11.0 Å². The molecule has 4 unspecified atom stereocenters. The van der Waals surface area contributed by atoms with Crippen LogP contribution < -0.4 is 5.32 Å². The molecule has 1 aromatic heterocycles. The molecule has 2 aromatic rings. The van der Waals surface area contributed by atoms with Crippen LogP contribution in [0.15, 0.2) is 18.2 Å². The third-order valence-electron chi connectivity index (χ3n) is 5.73. The number of rotatable bonds is 5. The van der Waals surface area contributed by atoms with Crippen LogP contribution in [0.5, 0.6) is 0 Å². The highest BCUT2D eigenvalue weighted by Crippen LogP contribution is 2.48. The van der Waals surface area contributed by atoms with Crippen molar-refractivity contribution in [2.75, 3.05) is 6.61 Å². The lowest BCUT2D eigenvalue weighted by atomic mass is 9.85. The first-order valence-electron chi connectivity index (χ1n) is 8.69. The number of imidazole rings is 1.